The minimum absolute atomic E-state index is 0.0695. The van der Waals surface area contributed by atoms with Crippen LogP contribution in [0, 0.1) is 17.0 Å². The molecule has 0 aromatic heterocycles. The zero-order chi connectivity index (χ0) is 17.2. The van der Waals surface area contributed by atoms with Crippen molar-refractivity contribution < 1.29 is 13.3 Å². The number of hydrogen-bond donors (Lipinski definition) is 0. The molecular formula is C15H13Cl2NO4S. The van der Waals surface area contributed by atoms with Crippen molar-refractivity contribution in [2.75, 3.05) is 0 Å². The molecule has 0 radical (unpaired) electrons. The lowest BCUT2D eigenvalue weighted by Gasteiger charge is -2.18. The molecule has 0 fully saturated rings. The van der Waals surface area contributed by atoms with Crippen molar-refractivity contribution in [2.45, 2.75) is 22.6 Å². The first-order valence-corrected chi connectivity index (χ1v) is 8.93. The monoisotopic (exact) mass is 373 g/mol. The van der Waals surface area contributed by atoms with Crippen molar-refractivity contribution in [2.24, 2.45) is 0 Å². The highest BCUT2D eigenvalue weighted by Gasteiger charge is 2.42. The summed E-state index contributed by atoms with van der Waals surface area (Å²) in [6.45, 7) is 1.83. The maximum atomic E-state index is 12.8. The molecule has 2 aromatic carbocycles. The lowest BCUT2D eigenvalue weighted by Crippen LogP contribution is -2.28. The van der Waals surface area contributed by atoms with Crippen molar-refractivity contribution in [3.63, 3.8) is 0 Å². The SMILES string of the molecule is Cc1ccc(C(C(Cl)[N+](=O)[O-])S(=O)(=O)c2ccc(Cl)cc2)cc1. The molecule has 0 bridgehead atoms. The molecule has 23 heavy (non-hydrogen) atoms. The van der Waals surface area contributed by atoms with Gasteiger partial charge in [0.15, 0.2) is 15.1 Å². The minimum Gasteiger partial charge on any atom is -0.263 e. The van der Waals surface area contributed by atoms with Gasteiger partial charge >= 0.3 is 5.50 Å². The van der Waals surface area contributed by atoms with Crippen LogP contribution >= 0.6 is 23.2 Å². The van der Waals surface area contributed by atoms with E-state index in [9.17, 15) is 18.5 Å². The van der Waals surface area contributed by atoms with Gasteiger partial charge in [-0.2, -0.15) is 0 Å². The van der Waals surface area contributed by atoms with E-state index in [4.69, 9.17) is 23.2 Å². The second kappa shape index (κ2) is 6.86. The topological polar surface area (TPSA) is 77.3 Å². The fourth-order valence-electron chi connectivity index (χ4n) is 2.12. The Morgan fingerprint density at radius 1 is 1.04 bits per heavy atom. The van der Waals surface area contributed by atoms with Gasteiger partial charge in [0, 0.05) is 9.95 Å². The van der Waals surface area contributed by atoms with Crippen molar-refractivity contribution in [1.82, 2.24) is 0 Å². The number of hydrogen-bond acceptors (Lipinski definition) is 4. The average Bonchev–Trinajstić information content (AvgIpc) is 2.49. The molecule has 0 N–H and O–H groups in total. The molecule has 2 unspecified atom stereocenters. The molecule has 122 valence electrons. The molecule has 0 saturated carbocycles. The number of aryl methyl sites for hydroxylation is 1. The first-order valence-electron chi connectivity index (χ1n) is 6.57. The minimum atomic E-state index is -4.06. The highest BCUT2D eigenvalue weighted by Crippen LogP contribution is 2.35. The molecular weight excluding hydrogens is 361 g/mol. The van der Waals surface area contributed by atoms with Crippen molar-refractivity contribution >= 4 is 33.0 Å². The maximum Gasteiger partial charge on any atom is 0.307 e. The second-order valence-electron chi connectivity index (χ2n) is 4.99. The Labute approximate surface area is 143 Å². The zero-order valence-corrected chi connectivity index (χ0v) is 14.3. The summed E-state index contributed by atoms with van der Waals surface area (Å²) in [5, 5.41) is 9.97. The number of alkyl halides is 1. The van der Waals surface area contributed by atoms with Crippen LogP contribution in [0.2, 0.25) is 5.02 Å². The first-order chi connectivity index (χ1) is 10.7. The summed E-state index contributed by atoms with van der Waals surface area (Å²) in [5.41, 5.74) is -0.635. The summed E-state index contributed by atoms with van der Waals surface area (Å²) in [5.74, 6) is 0. The lowest BCUT2D eigenvalue weighted by molar-refractivity contribution is -0.498. The van der Waals surface area contributed by atoms with Crippen LogP contribution in [-0.4, -0.2) is 18.8 Å². The first kappa shape index (κ1) is 17.7. The van der Waals surface area contributed by atoms with Crippen LogP contribution in [0.5, 0.6) is 0 Å². The van der Waals surface area contributed by atoms with E-state index in [0.29, 0.717) is 5.02 Å². The molecule has 0 heterocycles. The van der Waals surface area contributed by atoms with Gasteiger partial charge in [-0.25, -0.2) is 8.42 Å². The maximum absolute atomic E-state index is 12.8. The standard InChI is InChI=1S/C15H13Cl2NO4S/c1-10-2-4-11(5-3-10)14(15(17)18(19)20)23(21,22)13-8-6-12(16)7-9-13/h2-9,14-15H,1H3. The normalized spacial score (nSPS) is 14.2. The van der Waals surface area contributed by atoms with Gasteiger partial charge in [-0.3, -0.25) is 10.1 Å². The van der Waals surface area contributed by atoms with Crippen molar-refractivity contribution in [1.29, 1.82) is 0 Å². The molecule has 0 aliphatic heterocycles. The third-order valence-electron chi connectivity index (χ3n) is 3.33. The van der Waals surface area contributed by atoms with Crippen molar-refractivity contribution in [3.8, 4) is 0 Å². The van der Waals surface area contributed by atoms with E-state index in [0.717, 1.165) is 5.56 Å². The fraction of sp³-hybridized carbons (Fsp3) is 0.200. The Morgan fingerprint density at radius 2 is 1.57 bits per heavy atom. The summed E-state index contributed by atoms with van der Waals surface area (Å²) in [7, 11) is -4.06. The van der Waals surface area contributed by atoms with Gasteiger partial charge in [-0.1, -0.05) is 41.4 Å². The Bertz CT molecular complexity index is 804. The smallest absolute Gasteiger partial charge is 0.263 e. The third kappa shape index (κ3) is 3.83. The van der Waals surface area contributed by atoms with E-state index in [2.05, 4.69) is 0 Å². The van der Waals surface area contributed by atoms with Crippen LogP contribution < -0.4 is 0 Å². The van der Waals surface area contributed by atoms with E-state index in [1.807, 2.05) is 6.92 Å². The molecule has 2 rings (SSSR count). The highest BCUT2D eigenvalue weighted by molar-refractivity contribution is 7.91. The summed E-state index contributed by atoms with van der Waals surface area (Å²) < 4.78 is 25.7. The molecule has 0 aliphatic carbocycles. The Kier molecular flexibility index (Phi) is 5.29. The highest BCUT2D eigenvalue weighted by atomic mass is 35.5. The van der Waals surface area contributed by atoms with Gasteiger partial charge in [0.1, 0.15) is 0 Å². The Balaban J connectivity index is 2.58. The Hall–Kier alpha value is -1.63. The molecule has 0 saturated heterocycles. The number of rotatable bonds is 5. The quantitative estimate of drug-likeness (QED) is 0.343. The fourth-order valence-corrected chi connectivity index (χ4v) is 4.52. The molecule has 0 amide bonds. The summed E-state index contributed by atoms with van der Waals surface area (Å²) in [6.07, 6.45) is 0. The largest absolute Gasteiger partial charge is 0.307 e. The number of sulfone groups is 1. The number of nitro groups is 1. The van der Waals surface area contributed by atoms with Crippen LogP contribution in [0.3, 0.4) is 0 Å². The molecule has 8 heteroatoms. The molecule has 2 atom stereocenters. The van der Waals surface area contributed by atoms with Crippen LogP contribution in [0.15, 0.2) is 53.4 Å². The molecule has 5 nitrogen and oxygen atoms in total. The van der Waals surface area contributed by atoms with Crippen LogP contribution in [0.4, 0.5) is 0 Å². The van der Waals surface area contributed by atoms with E-state index in [1.54, 1.807) is 12.1 Å². The van der Waals surface area contributed by atoms with E-state index < -0.39 is 25.5 Å². The van der Waals surface area contributed by atoms with Gasteiger partial charge in [0.25, 0.3) is 0 Å². The predicted octanol–water partition coefficient (Wildman–Crippen LogP) is 4.01. The average molecular weight is 374 g/mol. The van der Waals surface area contributed by atoms with Gasteiger partial charge < -0.3 is 0 Å². The van der Waals surface area contributed by atoms with Gasteiger partial charge in [0.2, 0.25) is 0 Å². The molecule has 0 aliphatic rings. The molecule has 0 spiro atoms. The number of nitrogens with zero attached hydrogens (tertiary/aromatic N) is 1. The van der Waals surface area contributed by atoms with E-state index >= 15 is 0 Å². The van der Waals surface area contributed by atoms with Crippen molar-refractivity contribution in [3.05, 3.63) is 74.8 Å². The summed E-state index contributed by atoms with van der Waals surface area (Å²) in [6, 6.07) is 11.9. The van der Waals surface area contributed by atoms with Crippen LogP contribution in [0.25, 0.3) is 0 Å². The second-order valence-corrected chi connectivity index (χ2v) is 7.94. The molecule has 2 aromatic rings. The lowest BCUT2D eigenvalue weighted by atomic mass is 10.1. The van der Waals surface area contributed by atoms with E-state index in [-0.39, 0.29) is 10.5 Å². The van der Waals surface area contributed by atoms with E-state index in [1.165, 1.54) is 36.4 Å². The van der Waals surface area contributed by atoms with Crippen LogP contribution in [0.1, 0.15) is 16.4 Å². The van der Waals surface area contributed by atoms with Gasteiger partial charge in [-0.05, 0) is 48.4 Å². The number of halogens is 2. The Morgan fingerprint density at radius 3 is 2.04 bits per heavy atom. The summed E-state index contributed by atoms with van der Waals surface area (Å²) >= 11 is 11.6. The third-order valence-corrected chi connectivity index (χ3v) is 6.27. The summed E-state index contributed by atoms with van der Waals surface area (Å²) in [4.78, 5) is 10.2. The predicted molar refractivity (Wildman–Crippen MR) is 89.2 cm³/mol. The van der Waals surface area contributed by atoms with Crippen LogP contribution in [-0.2, 0) is 9.84 Å². The van der Waals surface area contributed by atoms with Gasteiger partial charge in [0.05, 0.1) is 4.90 Å². The number of benzene rings is 2. The zero-order valence-electron chi connectivity index (χ0n) is 12.0. The van der Waals surface area contributed by atoms with Gasteiger partial charge in [-0.15, -0.1) is 0 Å².